The van der Waals surface area contributed by atoms with Crippen LogP contribution in [-0.4, -0.2) is 39.7 Å². The lowest BCUT2D eigenvalue weighted by Crippen LogP contribution is -2.29. The minimum atomic E-state index is -0.817. The van der Waals surface area contributed by atoms with Gasteiger partial charge in [-0.1, -0.05) is 66.3 Å². The second kappa shape index (κ2) is 13.0. The van der Waals surface area contributed by atoms with Gasteiger partial charge in [0.1, 0.15) is 0 Å². The molecule has 0 amide bonds. The number of aliphatic hydroxyl groups excluding tert-OH is 2. The van der Waals surface area contributed by atoms with Crippen LogP contribution in [0.25, 0.3) is 0 Å². The third kappa shape index (κ3) is 7.11. The maximum Gasteiger partial charge on any atom is 0.174 e. The molecule has 0 aliphatic rings. The second-order valence-electron chi connectivity index (χ2n) is 8.08. The van der Waals surface area contributed by atoms with Crippen molar-refractivity contribution in [3.8, 4) is 0 Å². The second-order valence-corrected chi connectivity index (χ2v) is 9.48. The summed E-state index contributed by atoms with van der Waals surface area (Å²) in [5.41, 5.74) is 5.79. The molecule has 3 unspecified atom stereocenters. The number of Topliss-reactive ketones (excluding diaryl/α,β-unsaturated/α-hetero) is 1. The Balaban J connectivity index is 2.29. The van der Waals surface area contributed by atoms with Gasteiger partial charge in [0.2, 0.25) is 0 Å². The molecule has 0 fully saturated rings. The highest BCUT2D eigenvalue weighted by Gasteiger charge is 2.26. The van der Waals surface area contributed by atoms with Crippen LogP contribution >= 0.6 is 24.4 Å². The van der Waals surface area contributed by atoms with E-state index < -0.39 is 12.2 Å². The number of thiol groups is 1. The molecule has 2 aromatic rings. The van der Waals surface area contributed by atoms with Crippen LogP contribution in [0.3, 0.4) is 0 Å². The quantitative estimate of drug-likeness (QED) is 0.225. The summed E-state index contributed by atoms with van der Waals surface area (Å²) < 4.78 is 0. The molecule has 0 spiro atoms. The van der Waals surface area contributed by atoms with Crippen molar-refractivity contribution in [1.29, 1.82) is 0 Å². The number of allylic oxidation sites excluding steroid dienone is 4. The Morgan fingerprint density at radius 2 is 1.72 bits per heavy atom. The van der Waals surface area contributed by atoms with Gasteiger partial charge >= 0.3 is 0 Å². The molecule has 5 heteroatoms. The molecule has 2 rings (SSSR count). The number of rotatable bonds is 11. The predicted octanol–water partition coefficient (Wildman–Crippen LogP) is 5.68. The molecular formula is C27H34O3S2. The third-order valence-electron chi connectivity index (χ3n) is 5.43. The number of thioether (sulfide) groups is 1. The zero-order valence-corrected chi connectivity index (χ0v) is 21.0. The van der Waals surface area contributed by atoms with E-state index in [4.69, 9.17) is 0 Å². The first-order chi connectivity index (χ1) is 15.3. The minimum absolute atomic E-state index is 0.107. The van der Waals surface area contributed by atoms with Gasteiger partial charge in [0.15, 0.2) is 5.78 Å². The van der Waals surface area contributed by atoms with Crippen molar-refractivity contribution in [1.82, 2.24) is 0 Å². The van der Waals surface area contributed by atoms with Gasteiger partial charge in [0, 0.05) is 22.8 Å². The third-order valence-corrected chi connectivity index (χ3v) is 6.92. The fourth-order valence-electron chi connectivity index (χ4n) is 3.81. The molecule has 2 aromatic carbocycles. The minimum Gasteiger partial charge on any atom is -0.390 e. The SMILES string of the molecule is C/C=C\C=C(/C)C(C(=O)c1c(C)cc(CSCC(O)C(O)CS)cc1C)c1ccccc1. The van der Waals surface area contributed by atoms with E-state index in [1.54, 1.807) is 11.8 Å². The van der Waals surface area contributed by atoms with Crippen LogP contribution in [0, 0.1) is 13.8 Å². The van der Waals surface area contributed by atoms with Gasteiger partial charge < -0.3 is 10.2 Å². The van der Waals surface area contributed by atoms with Crippen LogP contribution in [0.15, 0.2) is 66.3 Å². The number of aliphatic hydroxyl groups is 2. The van der Waals surface area contributed by atoms with Crippen LogP contribution < -0.4 is 0 Å². The number of hydrogen-bond donors (Lipinski definition) is 3. The van der Waals surface area contributed by atoms with E-state index in [0.29, 0.717) is 11.5 Å². The summed E-state index contributed by atoms with van der Waals surface area (Å²) in [6, 6.07) is 14.0. The summed E-state index contributed by atoms with van der Waals surface area (Å²) in [6.45, 7) is 7.95. The molecular weight excluding hydrogens is 436 g/mol. The summed E-state index contributed by atoms with van der Waals surface area (Å²) in [7, 11) is 0. The fraction of sp³-hybridized carbons (Fsp3) is 0.370. The van der Waals surface area contributed by atoms with E-state index >= 15 is 0 Å². The van der Waals surface area contributed by atoms with Crippen LogP contribution in [0.5, 0.6) is 0 Å². The van der Waals surface area contributed by atoms with Gasteiger partial charge in [0.25, 0.3) is 0 Å². The number of carbonyl (C=O) groups is 1. The molecule has 0 radical (unpaired) electrons. The van der Waals surface area contributed by atoms with Gasteiger partial charge in [-0.2, -0.15) is 24.4 Å². The summed E-state index contributed by atoms with van der Waals surface area (Å²) in [5.74, 6) is 1.15. The topological polar surface area (TPSA) is 57.5 Å². The van der Waals surface area contributed by atoms with Crippen molar-refractivity contribution in [2.45, 2.75) is 51.6 Å². The molecule has 0 saturated carbocycles. The summed E-state index contributed by atoms with van der Waals surface area (Å²) >= 11 is 5.58. The molecule has 3 atom stereocenters. The van der Waals surface area contributed by atoms with Gasteiger partial charge in [-0.05, 0) is 49.9 Å². The van der Waals surface area contributed by atoms with E-state index in [9.17, 15) is 15.0 Å². The van der Waals surface area contributed by atoms with Gasteiger partial charge in [-0.3, -0.25) is 4.79 Å². The molecule has 2 N–H and O–H groups in total. The number of aryl methyl sites for hydroxylation is 2. The normalized spacial score (nSPS) is 15.0. The predicted molar refractivity (Wildman–Crippen MR) is 140 cm³/mol. The number of benzene rings is 2. The van der Waals surface area contributed by atoms with E-state index in [1.165, 1.54) is 0 Å². The molecule has 3 nitrogen and oxygen atoms in total. The smallest absolute Gasteiger partial charge is 0.174 e. The molecule has 32 heavy (non-hydrogen) atoms. The lowest BCUT2D eigenvalue weighted by molar-refractivity contribution is 0.0502. The van der Waals surface area contributed by atoms with Crippen molar-refractivity contribution in [2.75, 3.05) is 11.5 Å². The van der Waals surface area contributed by atoms with E-state index in [0.717, 1.165) is 33.4 Å². The van der Waals surface area contributed by atoms with Gasteiger partial charge in [0.05, 0.1) is 18.1 Å². The van der Waals surface area contributed by atoms with Crippen molar-refractivity contribution < 1.29 is 15.0 Å². The first kappa shape index (κ1) is 26.5. The Morgan fingerprint density at radius 1 is 1.09 bits per heavy atom. The summed E-state index contributed by atoms with van der Waals surface area (Å²) in [5, 5.41) is 19.6. The first-order valence-electron chi connectivity index (χ1n) is 10.8. The largest absolute Gasteiger partial charge is 0.390 e. The van der Waals surface area contributed by atoms with E-state index in [-0.39, 0.29) is 17.5 Å². The Bertz CT molecular complexity index is 928. The molecule has 0 saturated heterocycles. The van der Waals surface area contributed by atoms with Crippen molar-refractivity contribution in [2.24, 2.45) is 0 Å². The Kier molecular flexibility index (Phi) is 10.8. The fourth-order valence-corrected chi connectivity index (χ4v) is 5.04. The lowest BCUT2D eigenvalue weighted by Gasteiger charge is -2.21. The Labute approximate surface area is 202 Å². The summed E-state index contributed by atoms with van der Waals surface area (Å²) in [4.78, 5) is 13.8. The van der Waals surface area contributed by atoms with Crippen LogP contribution in [0.2, 0.25) is 0 Å². The Hall–Kier alpha value is -1.79. The molecule has 0 aliphatic heterocycles. The standard InChI is InChI=1S/C27H34O3S2/c1-5-6-10-18(2)26(22-11-8-7-9-12-22)27(30)25-19(3)13-21(14-20(25)4)16-32-17-24(29)23(28)15-31/h5-14,23-24,26,28-29,31H,15-17H2,1-4H3/b6-5-,18-10+. The highest BCUT2D eigenvalue weighted by molar-refractivity contribution is 7.98. The number of carbonyl (C=O) groups excluding carboxylic acids is 1. The molecule has 0 aromatic heterocycles. The molecule has 0 aliphatic carbocycles. The maximum absolute atomic E-state index is 13.8. The van der Waals surface area contributed by atoms with E-state index in [2.05, 4.69) is 24.8 Å². The van der Waals surface area contributed by atoms with Crippen LogP contribution in [0.1, 0.15) is 52.4 Å². The zero-order chi connectivity index (χ0) is 23.7. The maximum atomic E-state index is 13.8. The van der Waals surface area contributed by atoms with Gasteiger partial charge in [-0.25, -0.2) is 0 Å². The van der Waals surface area contributed by atoms with Crippen molar-refractivity contribution in [3.05, 3.63) is 94.1 Å². The van der Waals surface area contributed by atoms with E-state index in [1.807, 2.05) is 76.3 Å². The molecule has 0 heterocycles. The molecule has 172 valence electrons. The average Bonchev–Trinajstić information content (AvgIpc) is 2.77. The monoisotopic (exact) mass is 470 g/mol. The number of ketones is 1. The number of hydrogen-bond acceptors (Lipinski definition) is 5. The zero-order valence-electron chi connectivity index (χ0n) is 19.3. The average molecular weight is 471 g/mol. The van der Waals surface area contributed by atoms with Crippen molar-refractivity contribution >= 4 is 30.2 Å². The first-order valence-corrected chi connectivity index (χ1v) is 12.6. The highest BCUT2D eigenvalue weighted by atomic mass is 32.2. The lowest BCUT2D eigenvalue weighted by atomic mass is 9.82. The highest BCUT2D eigenvalue weighted by Crippen LogP contribution is 2.32. The molecule has 0 bridgehead atoms. The van der Waals surface area contributed by atoms with Crippen molar-refractivity contribution in [3.63, 3.8) is 0 Å². The summed E-state index contributed by atoms with van der Waals surface area (Å²) in [6.07, 6.45) is 4.33. The van der Waals surface area contributed by atoms with Crippen LogP contribution in [-0.2, 0) is 5.75 Å². The Morgan fingerprint density at radius 3 is 2.28 bits per heavy atom. The van der Waals surface area contributed by atoms with Gasteiger partial charge in [-0.15, -0.1) is 0 Å². The van der Waals surface area contributed by atoms with Crippen LogP contribution in [0.4, 0.5) is 0 Å².